The van der Waals surface area contributed by atoms with Crippen molar-refractivity contribution in [3.8, 4) is 0 Å². The van der Waals surface area contributed by atoms with Crippen molar-refractivity contribution >= 4 is 5.78 Å². The van der Waals surface area contributed by atoms with Crippen LogP contribution in [0.2, 0.25) is 0 Å². The lowest BCUT2D eigenvalue weighted by molar-refractivity contribution is -0.225. The van der Waals surface area contributed by atoms with Gasteiger partial charge in [0.15, 0.2) is 0 Å². The van der Waals surface area contributed by atoms with Gasteiger partial charge in [-0.3, -0.25) is 4.79 Å². The van der Waals surface area contributed by atoms with Crippen LogP contribution in [0.25, 0.3) is 0 Å². The molecule has 176 valence electrons. The molecule has 0 unspecified atom stereocenters. The van der Waals surface area contributed by atoms with Crippen LogP contribution in [0.5, 0.6) is 0 Å². The Morgan fingerprint density at radius 1 is 0.903 bits per heavy atom. The summed E-state index contributed by atoms with van der Waals surface area (Å²) >= 11 is 0. The molecule has 0 spiro atoms. The molecule has 4 rings (SSSR count). The lowest BCUT2D eigenvalue weighted by Crippen LogP contribution is -2.64. The van der Waals surface area contributed by atoms with Crippen molar-refractivity contribution in [2.45, 2.75) is 126 Å². The van der Waals surface area contributed by atoms with E-state index in [1.165, 1.54) is 63.4 Å². The first-order chi connectivity index (χ1) is 14.3. The van der Waals surface area contributed by atoms with Gasteiger partial charge >= 0.3 is 0 Å². The van der Waals surface area contributed by atoms with E-state index in [2.05, 4.69) is 61.5 Å². The van der Waals surface area contributed by atoms with Crippen molar-refractivity contribution in [3.63, 3.8) is 0 Å². The zero-order valence-electron chi connectivity index (χ0n) is 22.0. The summed E-state index contributed by atoms with van der Waals surface area (Å²) in [6, 6.07) is 0. The molecule has 4 saturated carbocycles. The number of ketones is 1. The molecule has 0 N–H and O–H groups in total. The molecule has 0 radical (unpaired) electrons. The van der Waals surface area contributed by atoms with Crippen LogP contribution in [0.4, 0.5) is 0 Å². The third kappa shape index (κ3) is 3.42. The highest BCUT2D eigenvalue weighted by atomic mass is 16.1. The van der Waals surface area contributed by atoms with Gasteiger partial charge in [0.1, 0.15) is 5.78 Å². The van der Waals surface area contributed by atoms with E-state index in [-0.39, 0.29) is 11.3 Å². The van der Waals surface area contributed by atoms with Gasteiger partial charge in [-0.1, -0.05) is 53.2 Å². The predicted molar refractivity (Wildman–Crippen MR) is 132 cm³/mol. The first-order valence-electron chi connectivity index (χ1n) is 13.5. The highest BCUT2D eigenvalue weighted by Gasteiger charge is 2.67. The lowest BCUT2D eigenvalue weighted by Gasteiger charge is -2.72. The Balaban J connectivity index is 1.61. The van der Waals surface area contributed by atoms with Gasteiger partial charge in [0.25, 0.3) is 0 Å². The van der Waals surface area contributed by atoms with E-state index in [4.69, 9.17) is 0 Å². The molecule has 0 aliphatic heterocycles. The monoisotopic (exact) mass is 426 g/mol. The summed E-state index contributed by atoms with van der Waals surface area (Å²) in [4.78, 5) is 12.7. The van der Waals surface area contributed by atoms with Crippen LogP contribution in [-0.2, 0) is 4.79 Å². The van der Waals surface area contributed by atoms with E-state index in [0.717, 1.165) is 24.7 Å². The molecule has 0 aromatic carbocycles. The van der Waals surface area contributed by atoms with E-state index < -0.39 is 0 Å². The molecule has 0 aromatic heterocycles. The molecule has 4 aliphatic rings. The minimum Gasteiger partial charge on any atom is -0.299 e. The Hall–Kier alpha value is -0.590. The highest BCUT2D eigenvalue weighted by molar-refractivity contribution is 5.82. The van der Waals surface area contributed by atoms with Crippen molar-refractivity contribution < 1.29 is 4.79 Å². The third-order valence-corrected chi connectivity index (χ3v) is 12.2. The van der Waals surface area contributed by atoms with Crippen molar-refractivity contribution in [2.75, 3.05) is 0 Å². The number of Topliss-reactive ketones (excluding diaryl/α,β-unsaturated/α-hetero) is 1. The Morgan fingerprint density at radius 3 is 2.29 bits per heavy atom. The number of hydrogen-bond acceptors (Lipinski definition) is 1. The minimum atomic E-state index is 0.234. The molecule has 4 fully saturated rings. The molecule has 8 atom stereocenters. The van der Waals surface area contributed by atoms with Crippen LogP contribution >= 0.6 is 0 Å². The molecule has 4 aliphatic carbocycles. The van der Waals surface area contributed by atoms with Gasteiger partial charge in [-0.15, -0.1) is 0 Å². The molecule has 0 heterocycles. The van der Waals surface area contributed by atoms with Gasteiger partial charge in [0.05, 0.1) is 0 Å². The molecular weight excluding hydrogens is 376 g/mol. The molecule has 1 heteroatoms. The Morgan fingerprint density at radius 2 is 1.61 bits per heavy atom. The van der Waals surface area contributed by atoms with E-state index >= 15 is 0 Å². The number of carbonyl (C=O) groups is 1. The molecule has 0 amide bonds. The molecule has 0 bridgehead atoms. The van der Waals surface area contributed by atoms with Gasteiger partial charge in [0, 0.05) is 12.3 Å². The second-order valence-corrected chi connectivity index (χ2v) is 14.2. The number of fused-ring (bicyclic) bond motifs is 5. The number of hydrogen-bond donors (Lipinski definition) is 0. The Kier molecular flexibility index (Phi) is 5.67. The van der Waals surface area contributed by atoms with Crippen molar-refractivity contribution in [2.24, 2.45) is 44.8 Å². The van der Waals surface area contributed by atoms with Crippen molar-refractivity contribution in [3.05, 3.63) is 11.6 Å². The fourth-order valence-electron chi connectivity index (χ4n) is 9.93. The normalized spacial score (nSPS) is 52.0. The number of carbonyl (C=O) groups excluding carboxylic acids is 1. The maximum absolute atomic E-state index is 12.7. The summed E-state index contributed by atoms with van der Waals surface area (Å²) in [5, 5.41) is 0. The quantitative estimate of drug-likeness (QED) is 0.412. The Labute approximate surface area is 193 Å². The average Bonchev–Trinajstić information content (AvgIpc) is 2.67. The zero-order valence-corrected chi connectivity index (χ0v) is 22.0. The minimum absolute atomic E-state index is 0.234. The van der Waals surface area contributed by atoms with Crippen LogP contribution in [0.15, 0.2) is 11.6 Å². The summed E-state index contributed by atoms with van der Waals surface area (Å²) in [5.74, 6) is 2.37. The van der Waals surface area contributed by atoms with E-state index in [1.807, 2.05) is 0 Å². The van der Waals surface area contributed by atoms with Gasteiger partial charge in [-0.2, -0.15) is 0 Å². The SMILES string of the molecule is CC(C)=CCC[C@]1(C)CC[C@]2(C)[C@H]3CC[C@@]4(C)[C@@H](CCC(=O)[C@@H]4C)[C@]3(C)CC[C@@]2(C)C1. The van der Waals surface area contributed by atoms with Crippen LogP contribution in [0.1, 0.15) is 126 Å². The summed E-state index contributed by atoms with van der Waals surface area (Å²) < 4.78 is 0. The van der Waals surface area contributed by atoms with E-state index in [1.54, 1.807) is 0 Å². The second kappa shape index (κ2) is 7.46. The van der Waals surface area contributed by atoms with Crippen LogP contribution in [-0.4, -0.2) is 5.78 Å². The number of allylic oxidation sites excluding steroid dienone is 2. The second-order valence-electron chi connectivity index (χ2n) is 14.2. The zero-order chi connectivity index (χ0) is 22.9. The van der Waals surface area contributed by atoms with Gasteiger partial charge < -0.3 is 0 Å². The lowest BCUT2D eigenvalue weighted by atomic mass is 9.33. The van der Waals surface area contributed by atoms with Crippen LogP contribution in [0.3, 0.4) is 0 Å². The smallest absolute Gasteiger partial charge is 0.136 e. The standard InChI is InChI=1S/C30H50O/c1-21(2)10-9-14-26(4)16-19-30(8)25-13-15-28(6)22(3)23(31)11-12-24(28)29(25,7)18-17-27(30,5)20-26/h10,22,24-25H,9,11-20H2,1-8H3/t22-,24+,25-,26+,27-,28+,29-,30+/m0/s1. The van der Waals surface area contributed by atoms with Crippen molar-refractivity contribution in [1.29, 1.82) is 0 Å². The largest absolute Gasteiger partial charge is 0.299 e. The molecule has 0 saturated heterocycles. The number of rotatable bonds is 3. The van der Waals surface area contributed by atoms with Gasteiger partial charge in [0.2, 0.25) is 0 Å². The van der Waals surface area contributed by atoms with E-state index in [0.29, 0.717) is 27.4 Å². The third-order valence-electron chi connectivity index (χ3n) is 12.2. The first-order valence-corrected chi connectivity index (χ1v) is 13.5. The van der Waals surface area contributed by atoms with Crippen molar-refractivity contribution in [1.82, 2.24) is 0 Å². The van der Waals surface area contributed by atoms with E-state index in [9.17, 15) is 4.79 Å². The Bertz CT molecular complexity index is 760. The van der Waals surface area contributed by atoms with Gasteiger partial charge in [-0.25, -0.2) is 0 Å². The molecule has 31 heavy (non-hydrogen) atoms. The van der Waals surface area contributed by atoms with Crippen LogP contribution < -0.4 is 0 Å². The average molecular weight is 427 g/mol. The molecular formula is C30H50O. The van der Waals surface area contributed by atoms with Crippen LogP contribution in [0, 0.1) is 44.8 Å². The predicted octanol–water partition coefficient (Wildman–Crippen LogP) is 8.77. The fraction of sp³-hybridized carbons (Fsp3) is 0.900. The van der Waals surface area contributed by atoms with Gasteiger partial charge in [-0.05, 0) is 117 Å². The maximum Gasteiger partial charge on any atom is 0.136 e. The maximum atomic E-state index is 12.7. The fourth-order valence-corrected chi connectivity index (χ4v) is 9.93. The topological polar surface area (TPSA) is 17.1 Å². The molecule has 0 aromatic rings. The molecule has 1 nitrogen and oxygen atoms in total. The highest BCUT2D eigenvalue weighted by Crippen LogP contribution is 2.75. The summed E-state index contributed by atoms with van der Waals surface area (Å²) in [6.45, 7) is 19.8. The summed E-state index contributed by atoms with van der Waals surface area (Å²) in [6.07, 6.45) is 16.7. The summed E-state index contributed by atoms with van der Waals surface area (Å²) in [5.41, 5.74) is 3.56. The summed E-state index contributed by atoms with van der Waals surface area (Å²) in [7, 11) is 0. The first kappa shape index (κ1) is 23.6.